The Morgan fingerprint density at radius 2 is 2.00 bits per heavy atom. The third-order valence-electron chi connectivity index (χ3n) is 4.89. The molecule has 21 heavy (non-hydrogen) atoms. The van der Waals surface area contributed by atoms with Crippen LogP contribution < -0.4 is 5.32 Å². The molecular weight excluding hydrogens is 264 g/mol. The first-order chi connectivity index (χ1) is 9.70. The number of nitrogens with zero attached hydrogens (tertiary/aromatic N) is 1. The predicted molar refractivity (Wildman–Crippen MR) is 85.4 cm³/mol. The molecule has 1 aliphatic heterocycles. The second-order valence-electron chi connectivity index (χ2n) is 8.16. The van der Waals surface area contributed by atoms with E-state index in [0.717, 1.165) is 25.9 Å². The highest BCUT2D eigenvalue weighted by Crippen LogP contribution is 2.48. The van der Waals surface area contributed by atoms with Crippen LogP contribution in [0.15, 0.2) is 0 Å². The maximum atomic E-state index is 12.3. The maximum absolute atomic E-state index is 12.3. The van der Waals surface area contributed by atoms with E-state index in [1.54, 1.807) is 0 Å². The number of carbonyl (C=O) groups is 1. The molecule has 0 radical (unpaired) electrons. The molecule has 1 heterocycles. The SMILES string of the molecule is CC(NC1CCCCN(C(=O)OC(C)(C)C)C1)C1(C)CC1. The van der Waals surface area contributed by atoms with Crippen molar-refractivity contribution < 1.29 is 9.53 Å². The average molecular weight is 296 g/mol. The number of carbonyl (C=O) groups excluding carboxylic acids is 1. The van der Waals surface area contributed by atoms with Gasteiger partial charge in [0.1, 0.15) is 5.60 Å². The Morgan fingerprint density at radius 1 is 1.33 bits per heavy atom. The van der Waals surface area contributed by atoms with Crippen molar-refractivity contribution in [2.24, 2.45) is 5.41 Å². The molecule has 0 spiro atoms. The summed E-state index contributed by atoms with van der Waals surface area (Å²) in [6.45, 7) is 12.0. The van der Waals surface area contributed by atoms with Crippen LogP contribution >= 0.6 is 0 Å². The number of rotatable bonds is 3. The molecule has 1 saturated heterocycles. The van der Waals surface area contributed by atoms with Crippen molar-refractivity contribution in [1.29, 1.82) is 0 Å². The highest BCUT2D eigenvalue weighted by atomic mass is 16.6. The molecule has 1 N–H and O–H groups in total. The van der Waals surface area contributed by atoms with Crippen LogP contribution in [0.25, 0.3) is 0 Å². The summed E-state index contributed by atoms with van der Waals surface area (Å²) >= 11 is 0. The first-order valence-electron chi connectivity index (χ1n) is 8.44. The molecular formula is C17H32N2O2. The van der Waals surface area contributed by atoms with Gasteiger partial charge < -0.3 is 15.0 Å². The highest BCUT2D eigenvalue weighted by Gasteiger charge is 2.43. The minimum Gasteiger partial charge on any atom is -0.444 e. The monoisotopic (exact) mass is 296 g/mol. The lowest BCUT2D eigenvalue weighted by atomic mass is 9.99. The summed E-state index contributed by atoms with van der Waals surface area (Å²) in [5.41, 5.74) is 0.0597. The van der Waals surface area contributed by atoms with Gasteiger partial charge in [0.25, 0.3) is 0 Å². The van der Waals surface area contributed by atoms with Crippen molar-refractivity contribution in [1.82, 2.24) is 10.2 Å². The number of nitrogens with one attached hydrogen (secondary N) is 1. The Bertz CT molecular complexity index is 371. The van der Waals surface area contributed by atoms with Crippen LogP contribution in [-0.2, 0) is 4.74 Å². The average Bonchev–Trinajstić information content (AvgIpc) is 3.12. The lowest BCUT2D eigenvalue weighted by Crippen LogP contribution is -2.48. The van der Waals surface area contributed by atoms with Crippen LogP contribution in [0.5, 0.6) is 0 Å². The van der Waals surface area contributed by atoms with Crippen molar-refractivity contribution in [3.8, 4) is 0 Å². The summed E-state index contributed by atoms with van der Waals surface area (Å²) in [6.07, 6.45) is 5.89. The van der Waals surface area contributed by atoms with Crippen LogP contribution in [0, 0.1) is 5.41 Å². The zero-order chi connectivity index (χ0) is 15.7. The van der Waals surface area contributed by atoms with Crippen LogP contribution in [0.3, 0.4) is 0 Å². The summed E-state index contributed by atoms with van der Waals surface area (Å²) in [5.74, 6) is 0. The van der Waals surface area contributed by atoms with Crippen molar-refractivity contribution in [2.75, 3.05) is 13.1 Å². The Labute approximate surface area is 129 Å². The normalized spacial score (nSPS) is 26.9. The van der Waals surface area contributed by atoms with Crippen molar-refractivity contribution in [3.05, 3.63) is 0 Å². The summed E-state index contributed by atoms with van der Waals surface area (Å²) in [6, 6.07) is 0.925. The van der Waals surface area contributed by atoms with Crippen LogP contribution in [0.4, 0.5) is 4.79 Å². The zero-order valence-electron chi connectivity index (χ0n) is 14.4. The van der Waals surface area contributed by atoms with Gasteiger partial charge >= 0.3 is 6.09 Å². The number of hydrogen-bond donors (Lipinski definition) is 1. The van der Waals surface area contributed by atoms with E-state index < -0.39 is 5.60 Å². The second-order valence-corrected chi connectivity index (χ2v) is 8.16. The van der Waals surface area contributed by atoms with E-state index in [4.69, 9.17) is 4.74 Å². The van der Waals surface area contributed by atoms with Gasteiger partial charge in [-0.05, 0) is 58.8 Å². The van der Waals surface area contributed by atoms with E-state index >= 15 is 0 Å². The van der Waals surface area contributed by atoms with Gasteiger partial charge in [0.15, 0.2) is 0 Å². The minimum atomic E-state index is -0.416. The van der Waals surface area contributed by atoms with Crippen molar-refractivity contribution >= 4 is 6.09 Å². The highest BCUT2D eigenvalue weighted by molar-refractivity contribution is 5.68. The molecule has 1 amide bonds. The molecule has 4 heteroatoms. The van der Waals surface area contributed by atoms with Gasteiger partial charge in [-0.1, -0.05) is 13.3 Å². The lowest BCUT2D eigenvalue weighted by Gasteiger charge is -2.31. The predicted octanol–water partition coefficient (Wildman–Crippen LogP) is 3.55. The van der Waals surface area contributed by atoms with E-state index in [1.807, 2.05) is 25.7 Å². The van der Waals surface area contributed by atoms with Gasteiger partial charge in [0.2, 0.25) is 0 Å². The van der Waals surface area contributed by atoms with Crippen LogP contribution in [0.2, 0.25) is 0 Å². The van der Waals surface area contributed by atoms with Crippen LogP contribution in [-0.4, -0.2) is 41.8 Å². The molecule has 0 bridgehead atoms. The summed E-state index contributed by atoms with van der Waals surface area (Å²) in [4.78, 5) is 14.2. The standard InChI is InChI=1S/C17H32N2O2/c1-13(17(5)9-10-17)18-14-8-6-7-11-19(12-14)15(20)21-16(2,3)4/h13-14,18H,6-12H2,1-5H3. The maximum Gasteiger partial charge on any atom is 0.410 e. The first-order valence-corrected chi connectivity index (χ1v) is 8.44. The molecule has 2 rings (SSSR count). The number of likely N-dealkylation sites (tertiary alicyclic amines) is 1. The topological polar surface area (TPSA) is 41.6 Å². The van der Waals surface area contributed by atoms with Gasteiger partial charge in [0.05, 0.1) is 0 Å². The fourth-order valence-corrected chi connectivity index (χ4v) is 2.96. The van der Waals surface area contributed by atoms with Gasteiger partial charge in [-0.2, -0.15) is 0 Å². The number of hydrogen-bond acceptors (Lipinski definition) is 3. The molecule has 2 unspecified atom stereocenters. The van der Waals surface area contributed by atoms with E-state index in [2.05, 4.69) is 19.2 Å². The Kier molecular flexibility index (Phi) is 4.86. The van der Waals surface area contributed by atoms with E-state index in [9.17, 15) is 4.79 Å². The van der Waals surface area contributed by atoms with Crippen molar-refractivity contribution in [2.45, 2.75) is 84.4 Å². The third kappa shape index (κ3) is 4.87. The largest absolute Gasteiger partial charge is 0.444 e. The molecule has 2 fully saturated rings. The van der Waals surface area contributed by atoms with E-state index in [-0.39, 0.29) is 6.09 Å². The number of amides is 1. The molecule has 1 aliphatic carbocycles. The Morgan fingerprint density at radius 3 is 2.57 bits per heavy atom. The molecule has 4 nitrogen and oxygen atoms in total. The van der Waals surface area contributed by atoms with Gasteiger partial charge in [-0.3, -0.25) is 0 Å². The van der Waals surface area contributed by atoms with Crippen molar-refractivity contribution in [3.63, 3.8) is 0 Å². The smallest absolute Gasteiger partial charge is 0.410 e. The number of ether oxygens (including phenoxy) is 1. The van der Waals surface area contributed by atoms with Gasteiger partial charge in [0, 0.05) is 25.2 Å². The molecule has 0 aromatic heterocycles. The molecule has 122 valence electrons. The molecule has 2 aliphatic rings. The van der Waals surface area contributed by atoms with Crippen LogP contribution in [0.1, 0.15) is 66.7 Å². The fraction of sp³-hybridized carbons (Fsp3) is 0.941. The second kappa shape index (κ2) is 6.15. The minimum absolute atomic E-state index is 0.165. The molecule has 0 aromatic carbocycles. The summed E-state index contributed by atoms with van der Waals surface area (Å²) < 4.78 is 5.52. The zero-order valence-corrected chi connectivity index (χ0v) is 14.4. The molecule has 2 atom stereocenters. The van der Waals surface area contributed by atoms with Gasteiger partial charge in [-0.25, -0.2) is 4.79 Å². The lowest BCUT2D eigenvalue weighted by molar-refractivity contribution is 0.0240. The molecule has 1 saturated carbocycles. The Balaban J connectivity index is 1.90. The first kappa shape index (κ1) is 16.6. The molecule has 0 aromatic rings. The Hall–Kier alpha value is -0.770. The van der Waals surface area contributed by atoms with Gasteiger partial charge in [-0.15, -0.1) is 0 Å². The summed E-state index contributed by atoms with van der Waals surface area (Å²) in [5, 5.41) is 3.76. The van der Waals surface area contributed by atoms with E-state index in [0.29, 0.717) is 17.5 Å². The van der Waals surface area contributed by atoms with E-state index in [1.165, 1.54) is 19.3 Å². The summed E-state index contributed by atoms with van der Waals surface area (Å²) in [7, 11) is 0. The quantitative estimate of drug-likeness (QED) is 0.866. The third-order valence-corrected chi connectivity index (χ3v) is 4.89. The fourth-order valence-electron chi connectivity index (χ4n) is 2.96.